The molecule has 0 aliphatic heterocycles. The molecule has 0 aromatic heterocycles. The minimum Gasteiger partial charge on any atom is -0.496 e. The molecule has 0 radical (unpaired) electrons. The third-order valence-corrected chi connectivity index (χ3v) is 3.54. The molecule has 0 atom stereocenters. The van der Waals surface area contributed by atoms with E-state index in [1.165, 1.54) is 5.56 Å². The van der Waals surface area contributed by atoms with E-state index in [0.29, 0.717) is 13.2 Å². The van der Waals surface area contributed by atoms with E-state index in [1.807, 2.05) is 18.2 Å². The maximum atomic E-state index is 5.43. The van der Waals surface area contributed by atoms with Crippen LogP contribution >= 0.6 is 0 Å². The molecule has 6 nitrogen and oxygen atoms in total. The van der Waals surface area contributed by atoms with Crippen molar-refractivity contribution in [2.75, 3.05) is 54.2 Å². The second-order valence-corrected chi connectivity index (χ2v) is 5.30. The van der Waals surface area contributed by atoms with Gasteiger partial charge in [-0.2, -0.15) is 0 Å². The van der Waals surface area contributed by atoms with Crippen molar-refractivity contribution in [1.29, 1.82) is 0 Å². The van der Waals surface area contributed by atoms with Crippen molar-refractivity contribution in [2.45, 2.75) is 19.3 Å². The lowest BCUT2D eigenvalue weighted by Gasteiger charge is -2.13. The summed E-state index contributed by atoms with van der Waals surface area (Å²) in [5.41, 5.74) is 1.19. The highest BCUT2D eigenvalue weighted by molar-refractivity contribution is 5.79. The number of para-hydroxylation sites is 1. The zero-order valence-corrected chi connectivity index (χ0v) is 15.1. The molecule has 0 heterocycles. The molecule has 2 N–H and O–H groups in total. The second kappa shape index (κ2) is 13.6. The summed E-state index contributed by atoms with van der Waals surface area (Å²) in [4.78, 5) is 4.24. The number of rotatable bonds is 12. The van der Waals surface area contributed by atoms with Crippen molar-refractivity contribution in [3.8, 4) is 5.75 Å². The van der Waals surface area contributed by atoms with Crippen LogP contribution in [0.1, 0.15) is 18.4 Å². The number of benzene rings is 1. The highest BCUT2D eigenvalue weighted by Gasteiger charge is 2.02. The van der Waals surface area contributed by atoms with Gasteiger partial charge >= 0.3 is 0 Å². The predicted molar refractivity (Wildman–Crippen MR) is 98.0 cm³/mol. The van der Waals surface area contributed by atoms with E-state index in [2.05, 4.69) is 21.7 Å². The lowest BCUT2D eigenvalue weighted by atomic mass is 10.1. The number of hydrogen-bond acceptors (Lipinski definition) is 4. The number of aliphatic imine (C=N–C) groups is 1. The Hall–Kier alpha value is -1.79. The molecule has 136 valence electrons. The summed E-state index contributed by atoms with van der Waals surface area (Å²) in [5.74, 6) is 1.75. The fourth-order valence-corrected chi connectivity index (χ4v) is 2.23. The van der Waals surface area contributed by atoms with Crippen LogP contribution in [0.4, 0.5) is 0 Å². The molecule has 0 aliphatic rings. The van der Waals surface area contributed by atoms with Gasteiger partial charge in [0.1, 0.15) is 5.75 Å². The first-order valence-corrected chi connectivity index (χ1v) is 8.45. The highest BCUT2D eigenvalue weighted by Crippen LogP contribution is 2.17. The molecule has 0 amide bonds. The first kappa shape index (κ1) is 20.3. The molecule has 0 unspecified atom stereocenters. The van der Waals surface area contributed by atoms with E-state index in [1.54, 1.807) is 21.3 Å². The van der Waals surface area contributed by atoms with Crippen molar-refractivity contribution in [2.24, 2.45) is 4.99 Å². The van der Waals surface area contributed by atoms with Gasteiger partial charge in [0.15, 0.2) is 5.96 Å². The maximum Gasteiger partial charge on any atom is 0.190 e. The fraction of sp³-hybridized carbons (Fsp3) is 0.611. The van der Waals surface area contributed by atoms with Crippen molar-refractivity contribution in [3.63, 3.8) is 0 Å². The number of nitrogens with zero attached hydrogens (tertiary/aromatic N) is 1. The van der Waals surface area contributed by atoms with Gasteiger partial charge in [-0.05, 0) is 30.9 Å². The Labute approximate surface area is 145 Å². The van der Waals surface area contributed by atoms with E-state index in [0.717, 1.165) is 50.7 Å². The van der Waals surface area contributed by atoms with Crippen molar-refractivity contribution < 1.29 is 14.2 Å². The quantitative estimate of drug-likeness (QED) is 0.346. The third kappa shape index (κ3) is 8.74. The van der Waals surface area contributed by atoms with Gasteiger partial charge in [-0.1, -0.05) is 18.2 Å². The molecule has 1 aromatic carbocycles. The van der Waals surface area contributed by atoms with E-state index >= 15 is 0 Å². The van der Waals surface area contributed by atoms with Crippen LogP contribution in [0.25, 0.3) is 0 Å². The zero-order chi connectivity index (χ0) is 17.5. The van der Waals surface area contributed by atoms with Crippen molar-refractivity contribution in [3.05, 3.63) is 29.8 Å². The van der Waals surface area contributed by atoms with Gasteiger partial charge in [-0.3, -0.25) is 4.99 Å². The summed E-state index contributed by atoms with van der Waals surface area (Å²) in [7, 11) is 5.16. The smallest absolute Gasteiger partial charge is 0.190 e. The Morgan fingerprint density at radius 2 is 1.79 bits per heavy atom. The largest absolute Gasteiger partial charge is 0.496 e. The van der Waals surface area contributed by atoms with Crippen LogP contribution in [0.15, 0.2) is 29.3 Å². The average Bonchev–Trinajstić information content (AvgIpc) is 2.62. The van der Waals surface area contributed by atoms with Gasteiger partial charge in [0.2, 0.25) is 0 Å². The van der Waals surface area contributed by atoms with Gasteiger partial charge in [0.05, 0.1) is 20.3 Å². The molecular formula is C18H31N3O3. The number of guanidine groups is 1. The Balaban J connectivity index is 2.12. The number of unbranched alkanes of at least 4 members (excludes halogenated alkanes) is 1. The molecule has 0 spiro atoms. The lowest BCUT2D eigenvalue weighted by molar-refractivity contribution is 0.0689. The Morgan fingerprint density at radius 1 is 1.00 bits per heavy atom. The van der Waals surface area contributed by atoms with Gasteiger partial charge in [0, 0.05) is 33.9 Å². The molecule has 0 fully saturated rings. The monoisotopic (exact) mass is 337 g/mol. The van der Waals surface area contributed by atoms with E-state index in [-0.39, 0.29) is 0 Å². The highest BCUT2D eigenvalue weighted by atomic mass is 16.5. The van der Waals surface area contributed by atoms with Gasteiger partial charge < -0.3 is 24.8 Å². The Kier molecular flexibility index (Phi) is 11.5. The number of hydrogen-bond donors (Lipinski definition) is 2. The first-order chi connectivity index (χ1) is 11.8. The van der Waals surface area contributed by atoms with Gasteiger partial charge in [-0.25, -0.2) is 0 Å². The molecule has 0 bridgehead atoms. The van der Waals surface area contributed by atoms with Crippen molar-refractivity contribution >= 4 is 5.96 Å². The Bertz CT molecular complexity index is 467. The SMILES string of the molecule is CN=C(NCCCCOCCOC)NCCc1ccccc1OC. The molecule has 24 heavy (non-hydrogen) atoms. The lowest BCUT2D eigenvalue weighted by Crippen LogP contribution is -2.38. The van der Waals surface area contributed by atoms with E-state index in [4.69, 9.17) is 14.2 Å². The fourth-order valence-electron chi connectivity index (χ4n) is 2.23. The number of ether oxygens (including phenoxy) is 3. The minimum atomic E-state index is 0.654. The third-order valence-electron chi connectivity index (χ3n) is 3.54. The number of methoxy groups -OCH3 is 2. The molecule has 6 heteroatoms. The molecule has 1 rings (SSSR count). The summed E-state index contributed by atoms with van der Waals surface area (Å²) in [6.07, 6.45) is 2.95. The zero-order valence-electron chi connectivity index (χ0n) is 15.1. The molecule has 0 saturated heterocycles. The van der Waals surface area contributed by atoms with Crippen LogP contribution in [-0.4, -0.2) is 60.1 Å². The first-order valence-electron chi connectivity index (χ1n) is 8.45. The summed E-state index contributed by atoms with van der Waals surface area (Å²) < 4.78 is 15.7. The van der Waals surface area contributed by atoms with Gasteiger partial charge in [0.25, 0.3) is 0 Å². The maximum absolute atomic E-state index is 5.43. The molecule has 0 aliphatic carbocycles. The Morgan fingerprint density at radius 3 is 2.54 bits per heavy atom. The van der Waals surface area contributed by atoms with Crippen LogP contribution in [0, 0.1) is 0 Å². The summed E-state index contributed by atoms with van der Waals surface area (Å²) in [6.45, 7) is 3.77. The van der Waals surface area contributed by atoms with Crippen LogP contribution in [-0.2, 0) is 15.9 Å². The van der Waals surface area contributed by atoms with Crippen LogP contribution in [0.3, 0.4) is 0 Å². The summed E-state index contributed by atoms with van der Waals surface area (Å²) in [5, 5.41) is 6.64. The molecule has 0 saturated carbocycles. The normalized spacial score (nSPS) is 11.4. The topological polar surface area (TPSA) is 64.1 Å². The average molecular weight is 337 g/mol. The number of nitrogens with one attached hydrogen (secondary N) is 2. The second-order valence-electron chi connectivity index (χ2n) is 5.30. The van der Waals surface area contributed by atoms with E-state index < -0.39 is 0 Å². The standard InChI is InChI=1S/C18H31N3O3/c1-19-18(20-11-6-7-13-24-15-14-22-2)21-12-10-16-8-4-5-9-17(16)23-3/h4-5,8-9H,6-7,10-15H2,1-3H3,(H2,19,20,21). The van der Waals surface area contributed by atoms with Crippen molar-refractivity contribution in [1.82, 2.24) is 10.6 Å². The summed E-state index contributed by atoms with van der Waals surface area (Å²) in [6, 6.07) is 8.08. The van der Waals surface area contributed by atoms with Crippen LogP contribution in [0.5, 0.6) is 5.75 Å². The predicted octanol–water partition coefficient (Wildman–Crippen LogP) is 1.85. The summed E-state index contributed by atoms with van der Waals surface area (Å²) >= 11 is 0. The van der Waals surface area contributed by atoms with Gasteiger partial charge in [-0.15, -0.1) is 0 Å². The van der Waals surface area contributed by atoms with Crippen LogP contribution < -0.4 is 15.4 Å². The minimum absolute atomic E-state index is 0.654. The van der Waals surface area contributed by atoms with E-state index in [9.17, 15) is 0 Å². The molecule has 1 aromatic rings. The van der Waals surface area contributed by atoms with Crippen LogP contribution in [0.2, 0.25) is 0 Å². The molecular weight excluding hydrogens is 306 g/mol.